The highest BCUT2D eigenvalue weighted by molar-refractivity contribution is 7.91. The zero-order chi connectivity index (χ0) is 15.6. The molecule has 22 heavy (non-hydrogen) atoms. The van der Waals surface area contributed by atoms with Crippen LogP contribution in [0.3, 0.4) is 0 Å². The number of thiophene rings is 1. The maximum absolute atomic E-state index is 12.5. The van der Waals surface area contributed by atoms with Gasteiger partial charge in [-0.15, -0.1) is 11.3 Å². The van der Waals surface area contributed by atoms with Crippen LogP contribution in [0.25, 0.3) is 0 Å². The Morgan fingerprint density at radius 1 is 1.18 bits per heavy atom. The average molecular weight is 333 g/mol. The van der Waals surface area contributed by atoms with Crippen LogP contribution in [0.1, 0.15) is 17.4 Å². The number of sulfonamides is 1. The molecule has 0 spiro atoms. The van der Waals surface area contributed by atoms with Crippen molar-refractivity contribution in [2.24, 2.45) is 7.05 Å². The Hall–Kier alpha value is -1.96. The van der Waals surface area contributed by atoms with Crippen LogP contribution in [-0.2, 0) is 17.1 Å². The third kappa shape index (κ3) is 2.96. The fraction of sp³-hybridized carbons (Fsp3) is 0.133. The summed E-state index contributed by atoms with van der Waals surface area (Å²) < 4.78 is 30.0. The molecule has 1 unspecified atom stereocenters. The molecule has 1 N–H and O–H groups in total. The van der Waals surface area contributed by atoms with Crippen molar-refractivity contribution in [3.8, 4) is 0 Å². The van der Waals surface area contributed by atoms with Gasteiger partial charge >= 0.3 is 0 Å². The van der Waals surface area contributed by atoms with Crippen LogP contribution in [0.4, 0.5) is 0 Å². The van der Waals surface area contributed by atoms with Crippen LogP contribution in [-0.4, -0.2) is 18.0 Å². The number of hydrogen-bond donors (Lipinski definition) is 1. The lowest BCUT2D eigenvalue weighted by Crippen LogP contribution is -2.30. The Balaban J connectivity index is 2.02. The van der Waals surface area contributed by atoms with E-state index in [9.17, 15) is 8.42 Å². The second kappa shape index (κ2) is 6.04. The van der Waals surface area contributed by atoms with Gasteiger partial charge in [0.05, 0.1) is 0 Å². The zero-order valence-electron chi connectivity index (χ0n) is 11.9. The van der Waals surface area contributed by atoms with Crippen LogP contribution in [0.15, 0.2) is 64.4 Å². The van der Waals surface area contributed by atoms with Gasteiger partial charge < -0.3 is 4.57 Å². The van der Waals surface area contributed by atoms with Gasteiger partial charge in [-0.05, 0) is 17.0 Å². The van der Waals surface area contributed by atoms with Gasteiger partial charge in [-0.3, -0.25) is 0 Å². The lowest BCUT2D eigenvalue weighted by atomic mass is 10.1. The minimum atomic E-state index is -3.59. The molecule has 0 amide bonds. The van der Waals surface area contributed by atoms with E-state index in [1.807, 2.05) is 41.9 Å². The molecule has 5 nitrogen and oxygen atoms in total. The fourth-order valence-electron chi connectivity index (χ4n) is 2.20. The van der Waals surface area contributed by atoms with Crippen molar-refractivity contribution in [1.29, 1.82) is 0 Å². The van der Waals surface area contributed by atoms with Crippen LogP contribution >= 0.6 is 11.3 Å². The van der Waals surface area contributed by atoms with Crippen LogP contribution < -0.4 is 4.72 Å². The number of benzene rings is 1. The normalized spacial score (nSPS) is 13.1. The number of aryl methyl sites for hydroxylation is 1. The van der Waals surface area contributed by atoms with Crippen molar-refractivity contribution in [2.75, 3.05) is 0 Å². The van der Waals surface area contributed by atoms with Gasteiger partial charge in [-0.2, -0.15) is 4.72 Å². The lowest BCUT2D eigenvalue weighted by molar-refractivity contribution is 0.565. The average Bonchev–Trinajstić information content (AvgIpc) is 3.17. The summed E-state index contributed by atoms with van der Waals surface area (Å²) >= 11 is 1.19. The van der Waals surface area contributed by atoms with Crippen molar-refractivity contribution in [3.63, 3.8) is 0 Å². The Labute approximate surface area is 133 Å². The van der Waals surface area contributed by atoms with E-state index in [0.29, 0.717) is 10.0 Å². The number of nitrogens with zero attached hydrogens (tertiary/aromatic N) is 2. The summed E-state index contributed by atoms with van der Waals surface area (Å²) in [5.74, 6) is 0.645. The molecule has 1 aromatic carbocycles. The minimum Gasteiger partial charge on any atom is -0.336 e. The summed E-state index contributed by atoms with van der Waals surface area (Å²) in [7, 11) is -1.75. The molecule has 114 valence electrons. The van der Waals surface area contributed by atoms with Crippen LogP contribution in [0.2, 0.25) is 0 Å². The third-order valence-corrected chi connectivity index (χ3v) is 6.10. The minimum absolute atomic E-state index is 0.294. The molecule has 0 aliphatic carbocycles. The van der Waals surface area contributed by atoms with Gasteiger partial charge in [-0.1, -0.05) is 36.4 Å². The molecule has 7 heteroatoms. The topological polar surface area (TPSA) is 64.0 Å². The van der Waals surface area contributed by atoms with E-state index < -0.39 is 16.1 Å². The van der Waals surface area contributed by atoms with Crippen molar-refractivity contribution >= 4 is 21.4 Å². The molecule has 2 heterocycles. The maximum atomic E-state index is 12.5. The van der Waals surface area contributed by atoms with Crippen molar-refractivity contribution in [1.82, 2.24) is 14.3 Å². The van der Waals surface area contributed by atoms with Crippen molar-refractivity contribution in [2.45, 2.75) is 10.3 Å². The van der Waals surface area contributed by atoms with Gasteiger partial charge in [0.15, 0.2) is 0 Å². The van der Waals surface area contributed by atoms with Crippen molar-refractivity contribution in [3.05, 3.63) is 71.6 Å². The molecular weight excluding hydrogens is 318 g/mol. The quantitative estimate of drug-likeness (QED) is 0.780. The lowest BCUT2D eigenvalue weighted by Gasteiger charge is -2.18. The number of hydrogen-bond acceptors (Lipinski definition) is 4. The molecule has 3 rings (SSSR count). The second-order valence-corrected chi connectivity index (χ2v) is 7.68. The molecule has 2 aromatic heterocycles. The smallest absolute Gasteiger partial charge is 0.251 e. The summed E-state index contributed by atoms with van der Waals surface area (Å²) in [5.41, 5.74) is 0.844. The molecule has 0 saturated carbocycles. The Bertz CT molecular complexity index is 840. The molecule has 0 bridgehead atoms. The van der Waals surface area contributed by atoms with Gasteiger partial charge in [0, 0.05) is 19.4 Å². The summed E-state index contributed by atoms with van der Waals surface area (Å²) in [6, 6.07) is 12.2. The number of rotatable bonds is 5. The molecule has 0 aliphatic heterocycles. The first-order valence-corrected chi connectivity index (χ1v) is 9.02. The van der Waals surface area contributed by atoms with Crippen LogP contribution in [0.5, 0.6) is 0 Å². The maximum Gasteiger partial charge on any atom is 0.251 e. The Morgan fingerprint density at radius 3 is 2.55 bits per heavy atom. The molecule has 3 aromatic rings. The van der Waals surface area contributed by atoms with E-state index in [4.69, 9.17) is 0 Å². The van der Waals surface area contributed by atoms with Gasteiger partial charge in [0.25, 0.3) is 10.0 Å². The van der Waals surface area contributed by atoms with Crippen molar-refractivity contribution < 1.29 is 8.42 Å². The van der Waals surface area contributed by atoms with Gasteiger partial charge in [-0.25, -0.2) is 13.4 Å². The number of aromatic nitrogens is 2. The summed E-state index contributed by atoms with van der Waals surface area (Å²) in [4.78, 5) is 4.30. The zero-order valence-corrected chi connectivity index (χ0v) is 13.5. The SMILES string of the molecule is Cn1ccnc1C(NS(=O)(=O)c1cccs1)c1ccccc1. The summed E-state index contributed by atoms with van der Waals surface area (Å²) in [6.45, 7) is 0. The molecule has 0 saturated heterocycles. The first-order valence-electron chi connectivity index (χ1n) is 6.66. The van der Waals surface area contributed by atoms with Gasteiger partial charge in [0.1, 0.15) is 16.1 Å². The van der Waals surface area contributed by atoms with E-state index in [1.165, 1.54) is 11.3 Å². The molecule has 1 atom stereocenters. The monoisotopic (exact) mass is 333 g/mol. The van der Waals surface area contributed by atoms with E-state index in [1.54, 1.807) is 29.9 Å². The standard InChI is InChI=1S/C15H15N3O2S2/c1-18-10-9-16-15(18)14(12-6-3-2-4-7-12)17-22(19,20)13-8-5-11-21-13/h2-11,14,17H,1H3. The highest BCUT2D eigenvalue weighted by Crippen LogP contribution is 2.24. The van der Waals surface area contributed by atoms with E-state index in [0.717, 1.165) is 5.56 Å². The van der Waals surface area contributed by atoms with E-state index in [-0.39, 0.29) is 0 Å². The third-order valence-electron chi connectivity index (χ3n) is 3.28. The predicted octanol–water partition coefficient (Wildman–Crippen LogP) is 2.55. The van der Waals surface area contributed by atoms with E-state index >= 15 is 0 Å². The number of imidazole rings is 1. The summed E-state index contributed by atoms with van der Waals surface area (Å²) in [6.07, 6.45) is 3.45. The fourth-order valence-corrected chi connectivity index (χ4v) is 4.39. The largest absolute Gasteiger partial charge is 0.336 e. The molecular formula is C15H15N3O2S2. The molecule has 0 aliphatic rings. The van der Waals surface area contributed by atoms with E-state index in [2.05, 4.69) is 9.71 Å². The highest BCUT2D eigenvalue weighted by Gasteiger charge is 2.26. The highest BCUT2D eigenvalue weighted by atomic mass is 32.2. The molecule has 0 fully saturated rings. The number of nitrogens with one attached hydrogen (secondary N) is 1. The Kier molecular flexibility index (Phi) is 4.10. The predicted molar refractivity (Wildman–Crippen MR) is 86.1 cm³/mol. The Morgan fingerprint density at radius 2 is 1.95 bits per heavy atom. The summed E-state index contributed by atoms with van der Waals surface area (Å²) in [5, 5.41) is 1.74. The van der Waals surface area contributed by atoms with Crippen LogP contribution in [0, 0.1) is 0 Å². The molecule has 0 radical (unpaired) electrons. The second-order valence-electron chi connectivity index (χ2n) is 4.79. The first-order chi connectivity index (χ1) is 10.6. The first kappa shape index (κ1) is 15.0. The van der Waals surface area contributed by atoms with Gasteiger partial charge in [0.2, 0.25) is 0 Å².